The fraction of sp³-hybridized carbons (Fsp3) is 0.320. The lowest BCUT2D eigenvalue weighted by Crippen LogP contribution is -2.24. The minimum absolute atomic E-state index is 0.337. The minimum Gasteiger partial charge on any atom is -0.328 e. The van der Waals surface area contributed by atoms with Crippen LogP contribution in [0.25, 0.3) is 10.2 Å². The zero-order valence-electron chi connectivity index (χ0n) is 18.2. The average Bonchev–Trinajstić information content (AvgIpc) is 3.24. The molecule has 3 aromatic rings. The van der Waals surface area contributed by atoms with E-state index in [4.69, 9.17) is 4.99 Å². The van der Waals surface area contributed by atoms with Crippen LogP contribution in [0.2, 0.25) is 0 Å². The van der Waals surface area contributed by atoms with Gasteiger partial charge in [0.15, 0.2) is 0 Å². The molecule has 5 heteroatoms. The number of aromatic nitrogens is 1. The Morgan fingerprint density at radius 3 is 2.73 bits per heavy atom. The Hall–Kier alpha value is -2.79. The maximum atomic E-state index is 4.80. The first-order valence-electron chi connectivity index (χ1n) is 10.5. The van der Waals surface area contributed by atoms with E-state index in [1.807, 2.05) is 18.5 Å². The monoisotopic (exact) mass is 418 g/mol. The number of nitrogens with zero attached hydrogens (tertiary/aromatic N) is 3. The van der Waals surface area contributed by atoms with Crippen molar-refractivity contribution in [3.8, 4) is 0 Å². The summed E-state index contributed by atoms with van der Waals surface area (Å²) in [5, 5.41) is 3.52. The van der Waals surface area contributed by atoms with Gasteiger partial charge in [0.05, 0.1) is 15.7 Å². The van der Waals surface area contributed by atoms with Crippen molar-refractivity contribution >= 4 is 33.7 Å². The van der Waals surface area contributed by atoms with Gasteiger partial charge in [-0.15, -0.1) is 11.3 Å². The zero-order chi connectivity index (χ0) is 21.3. The molecule has 1 heterocycles. The highest BCUT2D eigenvalue weighted by Gasteiger charge is 2.10. The number of benzene rings is 2. The van der Waals surface area contributed by atoms with Crippen molar-refractivity contribution in [2.24, 2.45) is 9.98 Å². The molecule has 1 unspecified atom stereocenters. The van der Waals surface area contributed by atoms with Crippen molar-refractivity contribution in [3.05, 3.63) is 76.4 Å². The SMILES string of the molecule is C/C=N\C(=NCC(C)c1ccccc1)N/C(Cc1ccc2ncsc2c1)=C(\C)CC. The smallest absolute Gasteiger partial charge is 0.221 e. The summed E-state index contributed by atoms with van der Waals surface area (Å²) in [5.74, 6) is 1.01. The number of fused-ring (bicyclic) bond motifs is 1. The van der Waals surface area contributed by atoms with Gasteiger partial charge in [0.1, 0.15) is 0 Å². The normalized spacial score (nSPS) is 14.2. The van der Waals surface area contributed by atoms with Crippen molar-refractivity contribution in [1.82, 2.24) is 10.3 Å². The Labute approximate surface area is 183 Å². The quantitative estimate of drug-likeness (QED) is 0.358. The first-order chi connectivity index (χ1) is 14.6. The summed E-state index contributed by atoms with van der Waals surface area (Å²) in [5.41, 5.74) is 7.99. The number of guanidine groups is 1. The third-order valence-corrected chi connectivity index (χ3v) is 6.01. The first-order valence-corrected chi connectivity index (χ1v) is 11.3. The number of hydrogen-bond donors (Lipinski definition) is 1. The van der Waals surface area contributed by atoms with E-state index in [-0.39, 0.29) is 0 Å². The first kappa shape index (κ1) is 21.9. The van der Waals surface area contributed by atoms with E-state index >= 15 is 0 Å². The fourth-order valence-corrected chi connectivity index (χ4v) is 3.95. The van der Waals surface area contributed by atoms with Crippen LogP contribution in [0, 0.1) is 0 Å². The molecule has 156 valence electrons. The van der Waals surface area contributed by atoms with Crippen LogP contribution < -0.4 is 5.32 Å². The molecule has 0 aliphatic heterocycles. The van der Waals surface area contributed by atoms with Gasteiger partial charge >= 0.3 is 0 Å². The number of nitrogens with one attached hydrogen (secondary N) is 1. The maximum absolute atomic E-state index is 4.80. The molecular weight excluding hydrogens is 388 g/mol. The minimum atomic E-state index is 0.337. The molecule has 0 aliphatic rings. The molecule has 3 rings (SSSR count). The lowest BCUT2D eigenvalue weighted by atomic mass is 10.0. The van der Waals surface area contributed by atoms with E-state index in [1.54, 1.807) is 17.6 Å². The highest BCUT2D eigenvalue weighted by molar-refractivity contribution is 7.16. The Morgan fingerprint density at radius 1 is 1.20 bits per heavy atom. The Bertz CT molecular complexity index is 1050. The molecule has 1 atom stereocenters. The molecule has 0 bridgehead atoms. The second-order valence-electron chi connectivity index (χ2n) is 7.43. The van der Waals surface area contributed by atoms with E-state index in [0.29, 0.717) is 18.4 Å². The molecule has 30 heavy (non-hydrogen) atoms. The number of aliphatic imine (C=N–C) groups is 2. The Kier molecular flexibility index (Phi) is 7.91. The van der Waals surface area contributed by atoms with Gasteiger partial charge in [-0.05, 0) is 43.5 Å². The molecule has 1 N–H and O–H groups in total. The van der Waals surface area contributed by atoms with Crippen molar-refractivity contribution in [2.45, 2.75) is 46.5 Å². The highest BCUT2D eigenvalue weighted by Crippen LogP contribution is 2.22. The second kappa shape index (κ2) is 10.8. The van der Waals surface area contributed by atoms with Gasteiger partial charge in [-0.25, -0.2) is 9.98 Å². The predicted molar refractivity (Wildman–Crippen MR) is 131 cm³/mol. The molecule has 4 nitrogen and oxygen atoms in total. The highest BCUT2D eigenvalue weighted by atomic mass is 32.1. The fourth-order valence-electron chi connectivity index (χ4n) is 3.21. The topological polar surface area (TPSA) is 49.6 Å². The van der Waals surface area contributed by atoms with E-state index in [9.17, 15) is 0 Å². The van der Waals surface area contributed by atoms with E-state index in [1.165, 1.54) is 21.4 Å². The molecule has 0 saturated carbocycles. The summed E-state index contributed by atoms with van der Waals surface area (Å²) in [7, 11) is 0. The molecule has 0 aliphatic carbocycles. The standard InChI is InChI=1S/C25H30N4S/c1-5-18(3)23(14-20-12-13-22-24(15-20)30-17-28-22)29-25(26-6-2)27-16-19(4)21-10-8-7-9-11-21/h6-13,15,17,19H,5,14,16H2,1-4H3,(H,27,29)/b23-18+,26-6-. The van der Waals surface area contributed by atoms with Crippen LogP contribution in [0.3, 0.4) is 0 Å². The summed E-state index contributed by atoms with van der Waals surface area (Å²) in [6, 6.07) is 17.0. The maximum Gasteiger partial charge on any atom is 0.221 e. The lowest BCUT2D eigenvalue weighted by molar-refractivity contribution is 0.768. The van der Waals surface area contributed by atoms with Crippen LogP contribution in [0.4, 0.5) is 0 Å². The van der Waals surface area contributed by atoms with Crippen LogP contribution in [0.5, 0.6) is 0 Å². The van der Waals surface area contributed by atoms with Crippen LogP contribution in [-0.4, -0.2) is 23.7 Å². The van der Waals surface area contributed by atoms with Crippen molar-refractivity contribution in [3.63, 3.8) is 0 Å². The molecule has 0 spiro atoms. The van der Waals surface area contributed by atoms with Crippen molar-refractivity contribution in [1.29, 1.82) is 0 Å². The third-order valence-electron chi connectivity index (χ3n) is 5.22. The Balaban J connectivity index is 1.78. The molecule has 2 aromatic carbocycles. The van der Waals surface area contributed by atoms with Gasteiger partial charge in [0.2, 0.25) is 5.96 Å². The van der Waals surface area contributed by atoms with E-state index in [2.05, 4.69) is 78.5 Å². The third kappa shape index (κ3) is 5.86. The number of rotatable bonds is 7. The predicted octanol–water partition coefficient (Wildman–Crippen LogP) is 6.36. The number of thiazole rings is 1. The van der Waals surface area contributed by atoms with Crippen LogP contribution in [0.15, 0.2) is 75.3 Å². The van der Waals surface area contributed by atoms with Gasteiger partial charge in [0.25, 0.3) is 0 Å². The zero-order valence-corrected chi connectivity index (χ0v) is 19.0. The molecular formula is C25H30N4S. The van der Waals surface area contributed by atoms with E-state index in [0.717, 1.165) is 24.1 Å². The lowest BCUT2D eigenvalue weighted by Gasteiger charge is -2.15. The van der Waals surface area contributed by atoms with Crippen LogP contribution >= 0.6 is 11.3 Å². The van der Waals surface area contributed by atoms with Gasteiger partial charge in [-0.1, -0.05) is 55.8 Å². The molecule has 1 aromatic heterocycles. The summed E-state index contributed by atoms with van der Waals surface area (Å²) in [4.78, 5) is 13.7. The molecule has 0 fully saturated rings. The van der Waals surface area contributed by atoms with Gasteiger partial charge in [-0.2, -0.15) is 0 Å². The Morgan fingerprint density at radius 2 is 2.00 bits per heavy atom. The largest absolute Gasteiger partial charge is 0.328 e. The molecule has 0 amide bonds. The van der Waals surface area contributed by atoms with Crippen LogP contribution in [-0.2, 0) is 6.42 Å². The summed E-state index contributed by atoms with van der Waals surface area (Å²) < 4.78 is 1.22. The van der Waals surface area contributed by atoms with Gasteiger partial charge < -0.3 is 5.32 Å². The second-order valence-corrected chi connectivity index (χ2v) is 8.32. The molecule has 0 radical (unpaired) electrons. The number of hydrogen-bond acceptors (Lipinski definition) is 3. The summed E-state index contributed by atoms with van der Waals surface area (Å²) in [6.45, 7) is 9.17. The van der Waals surface area contributed by atoms with Gasteiger partial charge in [0, 0.05) is 30.8 Å². The van der Waals surface area contributed by atoms with E-state index < -0.39 is 0 Å². The van der Waals surface area contributed by atoms with Crippen molar-refractivity contribution in [2.75, 3.05) is 6.54 Å². The van der Waals surface area contributed by atoms with Crippen LogP contribution in [0.1, 0.15) is 51.2 Å². The average molecular weight is 419 g/mol. The summed E-state index contributed by atoms with van der Waals surface area (Å²) >= 11 is 1.68. The number of allylic oxidation sites excluding steroid dienone is 2. The van der Waals surface area contributed by atoms with Gasteiger partial charge in [-0.3, -0.25) is 4.99 Å². The summed E-state index contributed by atoms with van der Waals surface area (Å²) in [6.07, 6.45) is 3.59. The molecule has 0 saturated heterocycles. The van der Waals surface area contributed by atoms with Crippen molar-refractivity contribution < 1.29 is 0 Å².